The van der Waals surface area contributed by atoms with Gasteiger partial charge in [-0.05, 0) is 20.8 Å². The molecular weight excluding hydrogens is 308 g/mol. The highest BCUT2D eigenvalue weighted by atomic mass is 32.1. The van der Waals surface area contributed by atoms with Gasteiger partial charge in [0.15, 0.2) is 0 Å². The number of nitrogens with one attached hydrogen (secondary N) is 1. The van der Waals surface area contributed by atoms with Crippen molar-refractivity contribution in [1.82, 2.24) is 10.2 Å². The van der Waals surface area contributed by atoms with E-state index in [1.54, 1.807) is 34.6 Å². The third-order valence-corrected chi connectivity index (χ3v) is 5.13. The summed E-state index contributed by atoms with van der Waals surface area (Å²) in [5.74, 6) is -1.47. The summed E-state index contributed by atoms with van der Waals surface area (Å²) >= 11 is 4.49. The molecule has 2 rings (SSSR count). The number of β-lactam (4-membered cyclic amide) rings is 1. The molecule has 0 radical (unpaired) electrons. The first-order chi connectivity index (χ1) is 9.88. The minimum atomic E-state index is -1.06. The van der Waals surface area contributed by atoms with E-state index in [4.69, 9.17) is 4.74 Å². The van der Waals surface area contributed by atoms with E-state index in [-0.39, 0.29) is 5.25 Å². The summed E-state index contributed by atoms with van der Waals surface area (Å²) < 4.78 is 5.14. The Morgan fingerprint density at radius 3 is 2.36 bits per heavy atom. The van der Waals surface area contributed by atoms with Crippen LogP contribution in [-0.4, -0.2) is 57.0 Å². The second kappa shape index (κ2) is 5.04. The third-order valence-electron chi connectivity index (χ3n) is 4.16. The normalized spacial score (nSPS) is 33.0. The first-order valence-electron chi connectivity index (χ1n) is 7.10. The predicted molar refractivity (Wildman–Crippen MR) is 81.8 cm³/mol. The van der Waals surface area contributed by atoms with Crippen molar-refractivity contribution in [2.45, 2.75) is 63.6 Å². The van der Waals surface area contributed by atoms with Crippen LogP contribution in [-0.2, 0) is 14.3 Å². The van der Waals surface area contributed by atoms with Crippen LogP contribution in [0.4, 0.5) is 4.79 Å². The quantitative estimate of drug-likeness (QED) is 0.516. The summed E-state index contributed by atoms with van der Waals surface area (Å²) in [6, 6.07) is -2.18. The number of aliphatic carboxylic acids is 1. The highest BCUT2D eigenvalue weighted by Gasteiger charge is 2.67. The number of alkyl carbamates (subject to hydrolysis) is 1. The zero-order chi connectivity index (χ0) is 17.0. The number of fused-ring (bicyclic) bond motifs is 1. The van der Waals surface area contributed by atoms with E-state index in [0.29, 0.717) is 0 Å². The van der Waals surface area contributed by atoms with Crippen LogP contribution in [0.3, 0.4) is 0 Å². The van der Waals surface area contributed by atoms with Gasteiger partial charge in [-0.1, -0.05) is 13.8 Å². The molecule has 1 unspecified atom stereocenters. The molecule has 124 valence electrons. The molecule has 2 amide bonds. The average Bonchev–Trinajstić information content (AvgIpc) is 2.50. The smallest absolute Gasteiger partial charge is 0.408 e. The van der Waals surface area contributed by atoms with Gasteiger partial charge in [0.1, 0.15) is 17.7 Å². The molecule has 0 aromatic rings. The van der Waals surface area contributed by atoms with Crippen molar-refractivity contribution in [3.05, 3.63) is 0 Å². The molecule has 2 N–H and O–H groups in total. The molecule has 2 heterocycles. The van der Waals surface area contributed by atoms with Gasteiger partial charge in [0, 0.05) is 10.7 Å². The van der Waals surface area contributed by atoms with Crippen molar-refractivity contribution >= 4 is 30.6 Å². The largest absolute Gasteiger partial charge is 0.480 e. The number of ether oxygens (including phenoxy) is 1. The molecule has 2 saturated heterocycles. The maximum Gasteiger partial charge on any atom is 0.408 e. The van der Waals surface area contributed by atoms with Crippen molar-refractivity contribution < 1.29 is 24.2 Å². The van der Waals surface area contributed by atoms with Crippen molar-refractivity contribution in [3.8, 4) is 0 Å². The molecule has 0 bridgehead atoms. The van der Waals surface area contributed by atoms with E-state index in [9.17, 15) is 19.5 Å². The molecule has 22 heavy (non-hydrogen) atoms. The Hall–Kier alpha value is -1.44. The van der Waals surface area contributed by atoms with E-state index in [2.05, 4.69) is 17.9 Å². The lowest BCUT2D eigenvalue weighted by Crippen LogP contribution is -2.72. The monoisotopic (exact) mass is 330 g/mol. The van der Waals surface area contributed by atoms with Gasteiger partial charge >= 0.3 is 12.1 Å². The van der Waals surface area contributed by atoms with Crippen molar-refractivity contribution in [3.63, 3.8) is 0 Å². The zero-order valence-corrected chi connectivity index (χ0v) is 14.2. The molecule has 7 nitrogen and oxygen atoms in total. The fourth-order valence-corrected chi connectivity index (χ4v) is 3.60. The van der Waals surface area contributed by atoms with Crippen LogP contribution < -0.4 is 5.32 Å². The molecule has 0 aliphatic carbocycles. The first kappa shape index (κ1) is 16.9. The highest BCUT2D eigenvalue weighted by molar-refractivity contribution is 7.81. The summed E-state index contributed by atoms with van der Waals surface area (Å²) in [7, 11) is 0. The molecule has 8 heteroatoms. The minimum Gasteiger partial charge on any atom is -0.480 e. The molecule has 0 saturated carbocycles. The van der Waals surface area contributed by atoms with Crippen LogP contribution in [0.2, 0.25) is 0 Å². The van der Waals surface area contributed by atoms with Gasteiger partial charge in [-0.3, -0.25) is 4.79 Å². The van der Waals surface area contributed by atoms with Gasteiger partial charge in [-0.15, -0.1) is 0 Å². The van der Waals surface area contributed by atoms with E-state index in [1.165, 1.54) is 4.90 Å². The molecular formula is C14H22N2O5S. The van der Waals surface area contributed by atoms with E-state index in [1.807, 2.05) is 0 Å². The fraction of sp³-hybridized carbons (Fsp3) is 0.786. The summed E-state index contributed by atoms with van der Waals surface area (Å²) in [5.41, 5.74) is -1.37. The minimum absolute atomic E-state index is 0.355. The topological polar surface area (TPSA) is 95.9 Å². The Morgan fingerprint density at radius 1 is 1.36 bits per heavy atom. The SMILES string of the molecule is CC(C)(C)OC(=O)N[C@H]1C(=O)N2[C@H]1C(S)C(C)(C)[C@H]2C(=O)O. The summed E-state index contributed by atoms with van der Waals surface area (Å²) in [6.45, 7) is 8.70. The van der Waals surface area contributed by atoms with E-state index < -0.39 is 47.1 Å². The summed E-state index contributed by atoms with van der Waals surface area (Å²) in [5, 5.41) is 11.6. The van der Waals surface area contributed by atoms with Gasteiger partial charge in [-0.2, -0.15) is 12.6 Å². The van der Waals surface area contributed by atoms with Gasteiger partial charge in [0.2, 0.25) is 5.91 Å². The number of carboxylic acid groups (broad SMARTS) is 1. The number of carbonyl (C=O) groups excluding carboxylic acids is 2. The molecule has 2 aliphatic rings. The Morgan fingerprint density at radius 2 is 1.91 bits per heavy atom. The van der Waals surface area contributed by atoms with Crippen LogP contribution in [0.15, 0.2) is 0 Å². The highest BCUT2D eigenvalue weighted by Crippen LogP contribution is 2.49. The van der Waals surface area contributed by atoms with Crippen LogP contribution in [0.25, 0.3) is 0 Å². The number of nitrogens with zero attached hydrogens (tertiary/aromatic N) is 1. The lowest BCUT2D eigenvalue weighted by atomic mass is 9.82. The summed E-state index contributed by atoms with van der Waals surface area (Å²) in [4.78, 5) is 36.9. The Balaban J connectivity index is 2.15. The van der Waals surface area contributed by atoms with E-state index in [0.717, 1.165) is 0 Å². The van der Waals surface area contributed by atoms with E-state index >= 15 is 0 Å². The van der Waals surface area contributed by atoms with Crippen molar-refractivity contribution in [1.29, 1.82) is 0 Å². The molecule has 2 aliphatic heterocycles. The molecule has 0 spiro atoms. The van der Waals surface area contributed by atoms with Gasteiger partial charge < -0.3 is 20.1 Å². The fourth-order valence-electron chi connectivity index (χ4n) is 3.15. The number of amides is 2. The Bertz CT molecular complexity index is 528. The standard InChI is InChI=1S/C14H22N2O5S/c1-13(2,3)21-12(20)15-6-7-9(22)14(4,5)8(11(18)19)16(7)10(6)17/h6-9,22H,1-5H3,(H,15,20)(H,18,19)/t6-,7-,8-,9?/m1/s1. The molecule has 2 fully saturated rings. The second-order valence-corrected chi connectivity index (χ2v) is 7.92. The van der Waals surface area contributed by atoms with Crippen LogP contribution in [0, 0.1) is 5.41 Å². The van der Waals surface area contributed by atoms with Gasteiger partial charge in [-0.25, -0.2) is 9.59 Å². The summed E-state index contributed by atoms with van der Waals surface area (Å²) in [6.07, 6.45) is -0.692. The van der Waals surface area contributed by atoms with Crippen LogP contribution >= 0.6 is 12.6 Å². The second-order valence-electron chi connectivity index (χ2n) is 7.37. The lowest BCUT2D eigenvalue weighted by molar-refractivity contribution is -0.161. The first-order valence-corrected chi connectivity index (χ1v) is 7.62. The average molecular weight is 330 g/mol. The third kappa shape index (κ3) is 2.53. The number of hydrogen-bond donors (Lipinski definition) is 3. The molecule has 4 atom stereocenters. The van der Waals surface area contributed by atoms with Gasteiger partial charge in [0.05, 0.1) is 6.04 Å². The van der Waals surface area contributed by atoms with Crippen molar-refractivity contribution in [2.24, 2.45) is 5.41 Å². The maximum atomic E-state index is 12.3. The molecule has 0 aromatic heterocycles. The zero-order valence-electron chi connectivity index (χ0n) is 13.3. The number of carboxylic acids is 1. The van der Waals surface area contributed by atoms with Gasteiger partial charge in [0.25, 0.3) is 0 Å². The maximum absolute atomic E-state index is 12.3. The Kier molecular flexibility index (Phi) is 3.88. The predicted octanol–water partition coefficient (Wildman–Crippen LogP) is 0.882. The lowest BCUT2D eigenvalue weighted by Gasteiger charge is -2.45. The number of carbonyl (C=O) groups is 3. The van der Waals surface area contributed by atoms with Crippen molar-refractivity contribution in [2.75, 3.05) is 0 Å². The molecule has 0 aromatic carbocycles. The number of hydrogen-bond acceptors (Lipinski definition) is 5. The van der Waals surface area contributed by atoms with Crippen LogP contribution in [0.5, 0.6) is 0 Å². The van der Waals surface area contributed by atoms with Crippen LogP contribution in [0.1, 0.15) is 34.6 Å². The Labute approximate surface area is 134 Å². The number of rotatable bonds is 2. The number of thiol groups is 1.